The maximum atomic E-state index is 13.5. The summed E-state index contributed by atoms with van der Waals surface area (Å²) in [6.45, 7) is -0.420. The number of nitrogens with zero attached hydrogens (tertiary/aromatic N) is 1. The van der Waals surface area contributed by atoms with Crippen molar-refractivity contribution in [2.24, 2.45) is 0 Å². The van der Waals surface area contributed by atoms with E-state index in [1.807, 2.05) is 12.1 Å². The first-order chi connectivity index (χ1) is 14.7. The Kier molecular flexibility index (Phi) is 5.96. The zero-order valence-electron chi connectivity index (χ0n) is 16.0. The summed E-state index contributed by atoms with van der Waals surface area (Å²) in [5, 5.41) is 3.43. The molecule has 162 valence electrons. The van der Waals surface area contributed by atoms with Gasteiger partial charge in [-0.2, -0.15) is 0 Å². The number of amides is 1. The molecule has 1 amide bonds. The average Bonchev–Trinajstić information content (AvgIpc) is 3.08. The third-order valence-corrected chi connectivity index (χ3v) is 6.93. The fourth-order valence-corrected chi connectivity index (χ4v) is 5.41. The molecule has 0 saturated carbocycles. The van der Waals surface area contributed by atoms with Crippen molar-refractivity contribution in [1.29, 1.82) is 0 Å². The molecule has 4 rings (SSSR count). The SMILES string of the molecule is O=C(N[C@H]1C=CCc2c1c1ccccc1n2S(=O)(=O)c1ccccc1)OCC(Cl)(Cl)Cl. The van der Waals surface area contributed by atoms with Crippen LogP contribution in [0.25, 0.3) is 10.9 Å². The molecule has 0 aliphatic heterocycles. The van der Waals surface area contributed by atoms with E-state index in [4.69, 9.17) is 39.5 Å². The lowest BCUT2D eigenvalue weighted by Gasteiger charge is -2.21. The second-order valence-corrected chi connectivity index (χ2v) is 11.2. The van der Waals surface area contributed by atoms with Crippen molar-refractivity contribution in [3.8, 4) is 0 Å². The van der Waals surface area contributed by atoms with Crippen LogP contribution in [0.4, 0.5) is 4.79 Å². The topological polar surface area (TPSA) is 77.4 Å². The van der Waals surface area contributed by atoms with E-state index in [0.29, 0.717) is 28.6 Å². The Balaban J connectivity index is 1.79. The minimum atomic E-state index is -3.86. The molecule has 0 unspecified atom stereocenters. The minimum absolute atomic E-state index is 0.180. The number of rotatable bonds is 4. The van der Waals surface area contributed by atoms with Gasteiger partial charge < -0.3 is 10.1 Å². The molecule has 1 atom stereocenters. The summed E-state index contributed by atoms with van der Waals surface area (Å²) in [4.78, 5) is 12.4. The van der Waals surface area contributed by atoms with Crippen LogP contribution in [-0.4, -0.2) is 28.9 Å². The van der Waals surface area contributed by atoms with Gasteiger partial charge in [-0.15, -0.1) is 0 Å². The van der Waals surface area contributed by atoms with Crippen LogP contribution in [0.1, 0.15) is 17.3 Å². The third kappa shape index (κ3) is 4.41. The number of alkyl carbamates (subject to hydrolysis) is 1. The molecule has 0 radical (unpaired) electrons. The maximum Gasteiger partial charge on any atom is 0.408 e. The lowest BCUT2D eigenvalue weighted by atomic mass is 9.96. The molecule has 6 nitrogen and oxygen atoms in total. The normalized spacial score (nSPS) is 16.2. The van der Waals surface area contributed by atoms with E-state index < -0.39 is 32.6 Å². The van der Waals surface area contributed by atoms with Crippen LogP contribution in [0.2, 0.25) is 0 Å². The van der Waals surface area contributed by atoms with Crippen LogP contribution in [0.3, 0.4) is 0 Å². The van der Waals surface area contributed by atoms with Gasteiger partial charge in [-0.1, -0.05) is 83.4 Å². The average molecular weight is 500 g/mol. The predicted octanol–water partition coefficient (Wildman–Crippen LogP) is 5.13. The molecule has 0 fully saturated rings. The molecule has 10 heteroatoms. The highest BCUT2D eigenvalue weighted by molar-refractivity contribution is 7.90. The van der Waals surface area contributed by atoms with Crippen LogP contribution in [0.5, 0.6) is 0 Å². The van der Waals surface area contributed by atoms with Crippen LogP contribution < -0.4 is 5.32 Å². The molecule has 0 saturated heterocycles. The summed E-state index contributed by atoms with van der Waals surface area (Å²) in [5.41, 5.74) is 1.78. The van der Waals surface area contributed by atoms with E-state index in [-0.39, 0.29) is 4.90 Å². The molecule has 1 aliphatic rings. The number of ether oxygens (including phenoxy) is 1. The van der Waals surface area contributed by atoms with Crippen molar-refractivity contribution in [1.82, 2.24) is 9.29 Å². The number of nitrogens with one attached hydrogen (secondary N) is 1. The van der Waals surface area contributed by atoms with E-state index >= 15 is 0 Å². The molecule has 2 aromatic carbocycles. The number of alkyl halides is 3. The van der Waals surface area contributed by atoms with Crippen molar-refractivity contribution in [3.63, 3.8) is 0 Å². The fraction of sp³-hybridized carbons (Fsp3) is 0.190. The summed E-state index contributed by atoms with van der Waals surface area (Å²) < 4.78 is 31.6. The zero-order valence-corrected chi connectivity index (χ0v) is 19.0. The van der Waals surface area contributed by atoms with Gasteiger partial charge in [-0.3, -0.25) is 0 Å². The largest absolute Gasteiger partial charge is 0.445 e. The molecule has 1 aromatic heterocycles. The second kappa shape index (κ2) is 8.39. The molecule has 1 N–H and O–H groups in total. The predicted molar refractivity (Wildman–Crippen MR) is 121 cm³/mol. The number of benzene rings is 2. The van der Waals surface area contributed by atoms with Crippen molar-refractivity contribution >= 4 is 61.8 Å². The van der Waals surface area contributed by atoms with Crippen LogP contribution >= 0.6 is 34.8 Å². The first-order valence-electron chi connectivity index (χ1n) is 9.28. The number of allylic oxidation sites excluding steroid dienone is 1. The quantitative estimate of drug-likeness (QED) is 0.399. The van der Waals surface area contributed by atoms with Gasteiger partial charge in [-0.25, -0.2) is 17.2 Å². The first kappa shape index (κ1) is 22.0. The van der Waals surface area contributed by atoms with Crippen molar-refractivity contribution < 1.29 is 17.9 Å². The van der Waals surface area contributed by atoms with Gasteiger partial charge in [0.05, 0.1) is 16.5 Å². The molecule has 3 aromatic rings. The summed E-state index contributed by atoms with van der Waals surface area (Å²) in [6, 6.07) is 14.8. The number of carbonyl (C=O) groups excluding carboxylic acids is 1. The number of aromatic nitrogens is 1. The van der Waals surface area contributed by atoms with Crippen LogP contribution in [-0.2, 0) is 21.2 Å². The summed E-state index contributed by atoms with van der Waals surface area (Å²) in [5.74, 6) is 0. The number of para-hydroxylation sites is 1. The number of carbonyl (C=O) groups is 1. The van der Waals surface area contributed by atoms with Gasteiger partial charge in [-0.05, 0) is 18.2 Å². The van der Waals surface area contributed by atoms with E-state index in [9.17, 15) is 13.2 Å². The summed E-state index contributed by atoms with van der Waals surface area (Å²) in [7, 11) is -3.86. The van der Waals surface area contributed by atoms with Gasteiger partial charge in [0, 0.05) is 23.1 Å². The summed E-state index contributed by atoms with van der Waals surface area (Å²) >= 11 is 16.9. The monoisotopic (exact) mass is 498 g/mol. The molecule has 1 heterocycles. The standard InChI is InChI=1S/C21H17Cl3N2O4S/c22-21(23,24)13-30-20(27)25-16-10-6-12-18-19(16)15-9-4-5-11-17(15)26(18)31(28,29)14-7-2-1-3-8-14/h1-11,16H,12-13H2,(H,25,27)/t16-/m0/s1. The Labute approximate surface area is 194 Å². The van der Waals surface area contributed by atoms with E-state index in [0.717, 1.165) is 0 Å². The Bertz CT molecular complexity index is 1270. The first-order valence-corrected chi connectivity index (χ1v) is 11.9. The number of halogens is 3. The smallest absolute Gasteiger partial charge is 0.408 e. The molecule has 1 aliphatic carbocycles. The zero-order chi connectivity index (χ0) is 22.2. The molecular weight excluding hydrogens is 483 g/mol. The molecular formula is C21H17Cl3N2O4S. The number of hydrogen-bond acceptors (Lipinski definition) is 4. The van der Waals surface area contributed by atoms with Crippen molar-refractivity contribution in [2.75, 3.05) is 6.61 Å². The lowest BCUT2D eigenvalue weighted by molar-refractivity contribution is 0.146. The number of hydrogen-bond donors (Lipinski definition) is 1. The Hall–Kier alpha value is -2.19. The van der Waals surface area contributed by atoms with Crippen molar-refractivity contribution in [3.05, 3.63) is 78.0 Å². The van der Waals surface area contributed by atoms with Gasteiger partial charge in [0.1, 0.15) is 6.61 Å². The maximum absolute atomic E-state index is 13.5. The molecule has 31 heavy (non-hydrogen) atoms. The fourth-order valence-electron chi connectivity index (χ4n) is 3.65. The van der Waals surface area contributed by atoms with E-state index in [2.05, 4.69) is 5.32 Å². The van der Waals surface area contributed by atoms with Gasteiger partial charge >= 0.3 is 6.09 Å². The third-order valence-electron chi connectivity index (χ3n) is 4.84. The Morgan fingerprint density at radius 3 is 2.48 bits per heavy atom. The van der Waals surface area contributed by atoms with Gasteiger partial charge in [0.15, 0.2) is 0 Å². The van der Waals surface area contributed by atoms with Crippen molar-refractivity contribution in [2.45, 2.75) is 21.2 Å². The highest BCUT2D eigenvalue weighted by Crippen LogP contribution is 2.37. The Morgan fingerprint density at radius 2 is 1.77 bits per heavy atom. The van der Waals surface area contributed by atoms with Crippen LogP contribution in [0, 0.1) is 0 Å². The van der Waals surface area contributed by atoms with E-state index in [1.165, 1.54) is 3.97 Å². The lowest BCUT2D eigenvalue weighted by Crippen LogP contribution is -2.32. The highest BCUT2D eigenvalue weighted by atomic mass is 35.6. The Morgan fingerprint density at radius 1 is 1.10 bits per heavy atom. The van der Waals surface area contributed by atoms with Crippen LogP contribution in [0.15, 0.2) is 71.6 Å². The van der Waals surface area contributed by atoms with Gasteiger partial charge in [0.2, 0.25) is 3.79 Å². The van der Waals surface area contributed by atoms with Gasteiger partial charge in [0.25, 0.3) is 10.0 Å². The summed E-state index contributed by atoms with van der Waals surface area (Å²) in [6.07, 6.45) is 3.19. The molecule has 0 spiro atoms. The second-order valence-electron chi connectivity index (χ2n) is 6.91. The molecule has 0 bridgehead atoms. The highest BCUT2D eigenvalue weighted by Gasteiger charge is 2.31. The number of fused-ring (bicyclic) bond motifs is 3. The minimum Gasteiger partial charge on any atom is -0.445 e. The van der Waals surface area contributed by atoms with E-state index in [1.54, 1.807) is 54.6 Å².